The van der Waals surface area contributed by atoms with Crippen LogP contribution in [0.3, 0.4) is 0 Å². The minimum absolute atomic E-state index is 0.779. The van der Waals surface area contributed by atoms with Gasteiger partial charge < -0.3 is 4.90 Å². The first-order valence-electron chi connectivity index (χ1n) is 9.57. The molecule has 0 radical (unpaired) electrons. The van der Waals surface area contributed by atoms with Crippen LogP contribution in [0.15, 0.2) is 54.6 Å². The van der Waals surface area contributed by atoms with E-state index in [-0.39, 0.29) is 0 Å². The van der Waals surface area contributed by atoms with Gasteiger partial charge in [-0.3, -0.25) is 4.90 Å². The summed E-state index contributed by atoms with van der Waals surface area (Å²) in [7, 11) is 0. The molecule has 1 aliphatic heterocycles. The molecule has 1 saturated heterocycles. The first kappa shape index (κ1) is 17.3. The van der Waals surface area contributed by atoms with Crippen LogP contribution in [-0.4, -0.2) is 50.9 Å². The summed E-state index contributed by atoms with van der Waals surface area (Å²) in [6, 6.07) is 19.1. The van der Waals surface area contributed by atoms with Crippen LogP contribution in [0.5, 0.6) is 0 Å². The monoisotopic (exact) mass is 390 g/mol. The number of benzene rings is 2. The van der Waals surface area contributed by atoms with Gasteiger partial charge in [-0.25, -0.2) is 0 Å². The molecule has 6 nitrogen and oxygen atoms in total. The molecule has 0 saturated carbocycles. The van der Waals surface area contributed by atoms with Gasteiger partial charge >= 0.3 is 0 Å². The second kappa shape index (κ2) is 7.33. The van der Waals surface area contributed by atoms with Crippen molar-refractivity contribution < 1.29 is 0 Å². The first-order valence-corrected chi connectivity index (χ1v) is 10.4. The molecular formula is C21H22N6S. The molecule has 1 aliphatic rings. The summed E-state index contributed by atoms with van der Waals surface area (Å²) in [6.45, 7) is 6.95. The van der Waals surface area contributed by atoms with Gasteiger partial charge in [-0.2, -0.15) is 9.61 Å². The first-order chi connectivity index (χ1) is 13.8. The van der Waals surface area contributed by atoms with E-state index in [4.69, 9.17) is 5.10 Å². The fourth-order valence-corrected chi connectivity index (χ4v) is 4.44. The van der Waals surface area contributed by atoms with Gasteiger partial charge in [0.25, 0.3) is 0 Å². The fraction of sp³-hybridized carbons (Fsp3) is 0.286. The molecule has 0 unspecified atom stereocenters. The third-order valence-electron chi connectivity index (χ3n) is 5.21. The van der Waals surface area contributed by atoms with Gasteiger partial charge in [0.15, 0.2) is 5.82 Å². The summed E-state index contributed by atoms with van der Waals surface area (Å²) in [5.41, 5.74) is 3.68. The average Bonchev–Trinajstić information content (AvgIpc) is 3.32. The van der Waals surface area contributed by atoms with Gasteiger partial charge in [0.1, 0.15) is 5.01 Å². The lowest BCUT2D eigenvalue weighted by Crippen LogP contribution is -2.46. The van der Waals surface area contributed by atoms with Crippen LogP contribution in [0.1, 0.15) is 11.4 Å². The number of hydrogen-bond donors (Lipinski definition) is 0. The second-order valence-electron chi connectivity index (χ2n) is 7.18. The van der Waals surface area contributed by atoms with E-state index in [1.165, 1.54) is 11.3 Å². The number of aryl methyl sites for hydroxylation is 1. The van der Waals surface area contributed by atoms with Crippen LogP contribution < -0.4 is 4.90 Å². The summed E-state index contributed by atoms with van der Waals surface area (Å²) in [5.74, 6) is 0.915. The number of para-hydroxylation sites is 1. The zero-order valence-corrected chi connectivity index (χ0v) is 16.6. The minimum atomic E-state index is 0.779. The Morgan fingerprint density at radius 2 is 1.64 bits per heavy atom. The van der Waals surface area contributed by atoms with E-state index in [1.54, 1.807) is 11.3 Å². The number of piperazine rings is 1. The van der Waals surface area contributed by atoms with Crippen LogP contribution in [0.25, 0.3) is 15.5 Å². The molecule has 0 atom stereocenters. The summed E-state index contributed by atoms with van der Waals surface area (Å²) >= 11 is 1.59. The van der Waals surface area contributed by atoms with Crippen molar-refractivity contribution in [1.82, 2.24) is 24.7 Å². The molecule has 0 aliphatic carbocycles. The Morgan fingerprint density at radius 1 is 0.893 bits per heavy atom. The highest BCUT2D eigenvalue weighted by Gasteiger charge is 2.20. The number of rotatable bonds is 4. The molecule has 0 N–H and O–H groups in total. The molecule has 1 fully saturated rings. The highest BCUT2D eigenvalue weighted by molar-refractivity contribution is 7.19. The number of anilines is 1. The van der Waals surface area contributed by atoms with Crippen molar-refractivity contribution in [3.63, 3.8) is 0 Å². The molecule has 5 rings (SSSR count). The lowest BCUT2D eigenvalue weighted by Gasteiger charge is -2.35. The molecule has 2 aromatic carbocycles. The molecule has 7 heteroatoms. The van der Waals surface area contributed by atoms with Gasteiger partial charge in [0.05, 0.1) is 6.54 Å². The highest BCUT2D eigenvalue weighted by Crippen LogP contribution is 2.26. The molecule has 4 aromatic rings. The predicted molar refractivity (Wildman–Crippen MR) is 113 cm³/mol. The van der Waals surface area contributed by atoms with Gasteiger partial charge in [0.2, 0.25) is 4.96 Å². The largest absolute Gasteiger partial charge is 0.369 e. The predicted octanol–water partition coefficient (Wildman–Crippen LogP) is 3.48. The number of aromatic nitrogens is 4. The van der Waals surface area contributed by atoms with Crippen molar-refractivity contribution in [2.45, 2.75) is 13.5 Å². The lowest BCUT2D eigenvalue weighted by atomic mass is 10.2. The van der Waals surface area contributed by atoms with E-state index >= 15 is 0 Å². The third-order valence-corrected chi connectivity index (χ3v) is 6.16. The number of fused-ring (bicyclic) bond motifs is 1. The van der Waals surface area contributed by atoms with Crippen molar-refractivity contribution in [3.8, 4) is 10.6 Å². The summed E-state index contributed by atoms with van der Waals surface area (Å²) < 4.78 is 1.91. The van der Waals surface area contributed by atoms with Crippen LogP contribution in [0.4, 0.5) is 5.69 Å². The van der Waals surface area contributed by atoms with E-state index in [0.717, 1.165) is 54.1 Å². The lowest BCUT2D eigenvalue weighted by molar-refractivity contribution is 0.242. The molecule has 0 spiro atoms. The average molecular weight is 391 g/mol. The van der Waals surface area contributed by atoms with E-state index in [1.807, 2.05) is 4.52 Å². The van der Waals surface area contributed by atoms with Crippen molar-refractivity contribution in [1.29, 1.82) is 0 Å². The summed E-state index contributed by atoms with van der Waals surface area (Å²) in [6.07, 6.45) is 0. The highest BCUT2D eigenvalue weighted by atomic mass is 32.1. The molecular weight excluding hydrogens is 368 g/mol. The molecule has 28 heavy (non-hydrogen) atoms. The molecule has 0 amide bonds. The molecule has 0 bridgehead atoms. The van der Waals surface area contributed by atoms with Crippen molar-refractivity contribution >= 4 is 22.0 Å². The number of hydrogen-bond acceptors (Lipinski definition) is 6. The van der Waals surface area contributed by atoms with Crippen LogP contribution in [0, 0.1) is 6.92 Å². The number of nitrogens with zero attached hydrogens (tertiary/aromatic N) is 6. The Labute approximate surface area is 168 Å². The quantitative estimate of drug-likeness (QED) is 0.534. The summed E-state index contributed by atoms with van der Waals surface area (Å²) in [4.78, 5) is 5.73. The Bertz CT molecular complexity index is 1060. The van der Waals surface area contributed by atoms with Gasteiger partial charge in [-0.15, -0.1) is 10.2 Å². The van der Waals surface area contributed by atoms with E-state index < -0.39 is 0 Å². The molecule has 142 valence electrons. The molecule has 3 heterocycles. The van der Waals surface area contributed by atoms with Crippen LogP contribution >= 0.6 is 11.3 Å². The zero-order chi connectivity index (χ0) is 18.9. The van der Waals surface area contributed by atoms with Gasteiger partial charge in [-0.1, -0.05) is 59.4 Å². The van der Waals surface area contributed by atoms with E-state index in [2.05, 4.69) is 81.5 Å². The van der Waals surface area contributed by atoms with Crippen LogP contribution in [0.2, 0.25) is 0 Å². The fourth-order valence-electron chi connectivity index (χ4n) is 3.57. The topological polar surface area (TPSA) is 49.6 Å². The summed E-state index contributed by atoms with van der Waals surface area (Å²) in [5, 5.41) is 14.5. The normalized spacial score (nSPS) is 15.4. The zero-order valence-electron chi connectivity index (χ0n) is 15.8. The smallest absolute Gasteiger partial charge is 0.235 e. The van der Waals surface area contributed by atoms with Crippen LogP contribution in [-0.2, 0) is 6.54 Å². The SMILES string of the molecule is Cc1ccc(-c2nn3c(CN4CCN(c5ccccc5)CC4)nnc3s2)cc1. The maximum absolute atomic E-state index is 4.77. The maximum atomic E-state index is 4.77. The van der Waals surface area contributed by atoms with Crippen molar-refractivity contribution in [2.75, 3.05) is 31.1 Å². The standard InChI is InChI=1S/C21H22N6S/c1-16-7-9-17(10-8-16)20-24-27-19(22-23-21(27)28-20)15-25-11-13-26(14-12-25)18-5-3-2-4-6-18/h2-10H,11-15H2,1H3. The Hall–Kier alpha value is -2.77. The molecule has 2 aromatic heterocycles. The van der Waals surface area contributed by atoms with Gasteiger partial charge in [-0.05, 0) is 19.1 Å². The third kappa shape index (κ3) is 3.39. The second-order valence-corrected chi connectivity index (χ2v) is 8.14. The van der Waals surface area contributed by atoms with E-state index in [9.17, 15) is 0 Å². The minimum Gasteiger partial charge on any atom is -0.369 e. The van der Waals surface area contributed by atoms with Crippen molar-refractivity contribution in [2.24, 2.45) is 0 Å². The Kier molecular flexibility index (Phi) is 4.54. The van der Waals surface area contributed by atoms with E-state index in [0.29, 0.717) is 0 Å². The maximum Gasteiger partial charge on any atom is 0.235 e. The van der Waals surface area contributed by atoms with Crippen molar-refractivity contribution in [3.05, 3.63) is 66.0 Å². The Morgan fingerprint density at radius 3 is 2.39 bits per heavy atom. The Balaban J connectivity index is 1.29. The van der Waals surface area contributed by atoms with Gasteiger partial charge in [0, 0.05) is 37.4 Å².